The van der Waals surface area contributed by atoms with Crippen molar-refractivity contribution in [3.63, 3.8) is 0 Å². The second-order valence-corrected chi connectivity index (χ2v) is 3.81. The highest BCUT2D eigenvalue weighted by molar-refractivity contribution is 6.03. The number of carbonyl (C=O) groups is 3. The van der Waals surface area contributed by atoms with Gasteiger partial charge in [-0.3, -0.25) is 0 Å². The minimum absolute atomic E-state index is 0.0934. The van der Waals surface area contributed by atoms with Gasteiger partial charge in [-0.05, 0) is 30.7 Å². The second-order valence-electron chi connectivity index (χ2n) is 3.81. The number of ether oxygens (including phenoxy) is 1. The molecule has 21 heavy (non-hydrogen) atoms. The zero-order valence-electron chi connectivity index (χ0n) is 11.0. The molecule has 0 unspecified atom stereocenters. The first-order valence-electron chi connectivity index (χ1n) is 5.80. The molecule has 0 saturated heterocycles. The van der Waals surface area contributed by atoms with Crippen molar-refractivity contribution in [2.45, 2.75) is 6.92 Å². The van der Waals surface area contributed by atoms with Crippen molar-refractivity contribution in [3.8, 4) is 6.07 Å². The van der Waals surface area contributed by atoms with Crippen molar-refractivity contribution in [2.24, 2.45) is 0 Å². The first kappa shape index (κ1) is 15.9. The molecular formula is C14H11NO6. The second kappa shape index (κ2) is 6.86. The number of esters is 1. The van der Waals surface area contributed by atoms with Gasteiger partial charge in [-0.2, -0.15) is 5.26 Å². The number of hydrogen-bond donors (Lipinski definition) is 2. The van der Waals surface area contributed by atoms with Crippen molar-refractivity contribution in [2.75, 3.05) is 6.61 Å². The number of carbonyl (C=O) groups excluding carboxylic acids is 1. The van der Waals surface area contributed by atoms with E-state index < -0.39 is 23.5 Å². The fourth-order valence-electron chi connectivity index (χ4n) is 1.53. The average molecular weight is 289 g/mol. The van der Waals surface area contributed by atoms with Gasteiger partial charge in [0, 0.05) is 0 Å². The Morgan fingerprint density at radius 2 is 1.86 bits per heavy atom. The fraction of sp³-hybridized carbons (Fsp3) is 0.143. The van der Waals surface area contributed by atoms with Gasteiger partial charge < -0.3 is 14.9 Å². The molecule has 108 valence electrons. The van der Waals surface area contributed by atoms with Crippen LogP contribution in [0.4, 0.5) is 0 Å². The molecule has 0 heterocycles. The Kier molecular flexibility index (Phi) is 5.20. The molecule has 0 saturated carbocycles. The first-order valence-corrected chi connectivity index (χ1v) is 5.80. The number of aromatic carboxylic acids is 2. The summed E-state index contributed by atoms with van der Waals surface area (Å²) >= 11 is 0. The maximum atomic E-state index is 11.4. The van der Waals surface area contributed by atoms with Gasteiger partial charge in [0.1, 0.15) is 11.6 Å². The van der Waals surface area contributed by atoms with E-state index in [0.29, 0.717) is 0 Å². The molecule has 7 heteroatoms. The van der Waals surface area contributed by atoms with E-state index in [0.717, 1.165) is 18.2 Å². The Labute approximate surface area is 119 Å². The highest BCUT2D eigenvalue weighted by Gasteiger charge is 2.17. The van der Waals surface area contributed by atoms with Crippen molar-refractivity contribution in [1.29, 1.82) is 5.26 Å². The molecule has 0 aliphatic heterocycles. The molecule has 0 spiro atoms. The molecule has 0 atom stereocenters. The largest absolute Gasteiger partial charge is 0.478 e. The number of rotatable bonds is 5. The van der Waals surface area contributed by atoms with Gasteiger partial charge in [-0.1, -0.05) is 6.07 Å². The summed E-state index contributed by atoms with van der Waals surface area (Å²) in [5, 5.41) is 26.7. The Bertz CT molecular complexity index is 669. The van der Waals surface area contributed by atoms with E-state index in [1.165, 1.54) is 6.07 Å². The molecule has 2 N–H and O–H groups in total. The third kappa shape index (κ3) is 3.91. The van der Waals surface area contributed by atoms with E-state index >= 15 is 0 Å². The minimum Gasteiger partial charge on any atom is -0.478 e. The number of carboxylic acids is 2. The summed E-state index contributed by atoms with van der Waals surface area (Å²) in [7, 11) is 0. The molecule has 1 aromatic carbocycles. The van der Waals surface area contributed by atoms with Crippen molar-refractivity contribution >= 4 is 24.0 Å². The van der Waals surface area contributed by atoms with Gasteiger partial charge in [0.25, 0.3) is 0 Å². The molecular weight excluding hydrogens is 278 g/mol. The van der Waals surface area contributed by atoms with Crippen molar-refractivity contribution in [3.05, 3.63) is 40.5 Å². The van der Waals surface area contributed by atoms with Gasteiger partial charge in [0.2, 0.25) is 0 Å². The molecule has 0 radical (unpaired) electrons. The third-order valence-electron chi connectivity index (χ3n) is 2.43. The summed E-state index contributed by atoms with van der Waals surface area (Å²) in [6, 6.07) is 5.11. The lowest BCUT2D eigenvalue weighted by Gasteiger charge is -2.04. The number of nitrogens with zero attached hydrogens (tertiary/aromatic N) is 1. The van der Waals surface area contributed by atoms with Crippen LogP contribution in [0.3, 0.4) is 0 Å². The van der Waals surface area contributed by atoms with E-state index in [4.69, 9.17) is 15.5 Å². The quantitative estimate of drug-likeness (QED) is 0.478. The number of carboxylic acid groups (broad SMARTS) is 2. The lowest BCUT2D eigenvalue weighted by molar-refractivity contribution is -0.137. The Morgan fingerprint density at radius 3 is 2.33 bits per heavy atom. The predicted molar refractivity (Wildman–Crippen MR) is 70.6 cm³/mol. The minimum atomic E-state index is -1.42. The lowest BCUT2D eigenvalue weighted by atomic mass is 10.0. The fourth-order valence-corrected chi connectivity index (χ4v) is 1.53. The molecule has 0 amide bonds. The summed E-state index contributed by atoms with van der Waals surface area (Å²) in [5.41, 5.74) is -0.912. The van der Waals surface area contributed by atoms with E-state index in [-0.39, 0.29) is 23.3 Å². The summed E-state index contributed by atoms with van der Waals surface area (Å²) in [4.78, 5) is 33.4. The van der Waals surface area contributed by atoms with Crippen LogP contribution in [0.25, 0.3) is 6.08 Å². The molecule has 0 bridgehead atoms. The zero-order chi connectivity index (χ0) is 16.0. The predicted octanol–water partition coefficient (Wildman–Crippen LogP) is 1.55. The van der Waals surface area contributed by atoms with Crippen LogP contribution in [-0.2, 0) is 9.53 Å². The van der Waals surface area contributed by atoms with Crippen LogP contribution in [-0.4, -0.2) is 34.7 Å². The molecule has 7 nitrogen and oxygen atoms in total. The summed E-state index contributed by atoms with van der Waals surface area (Å²) in [6.07, 6.45) is 1.13. The number of benzene rings is 1. The number of hydrogen-bond acceptors (Lipinski definition) is 5. The zero-order valence-corrected chi connectivity index (χ0v) is 11.0. The van der Waals surface area contributed by atoms with Crippen LogP contribution in [0.1, 0.15) is 33.2 Å². The van der Waals surface area contributed by atoms with Gasteiger partial charge in [-0.25, -0.2) is 14.4 Å². The van der Waals surface area contributed by atoms with Crippen molar-refractivity contribution in [1.82, 2.24) is 0 Å². The molecule has 0 aromatic heterocycles. The molecule has 1 aromatic rings. The topological polar surface area (TPSA) is 125 Å². The summed E-state index contributed by atoms with van der Waals surface area (Å²) in [5.74, 6) is -3.63. The SMILES string of the molecule is CCOC(=O)C(C#N)=Cc1ccc(C(=O)O)c(C(=O)O)c1. The third-order valence-corrected chi connectivity index (χ3v) is 2.43. The van der Waals surface area contributed by atoms with Gasteiger partial charge >= 0.3 is 17.9 Å². The van der Waals surface area contributed by atoms with E-state index in [9.17, 15) is 14.4 Å². The normalized spacial score (nSPS) is 10.6. The summed E-state index contributed by atoms with van der Waals surface area (Å²) < 4.78 is 4.67. The highest BCUT2D eigenvalue weighted by atomic mass is 16.5. The van der Waals surface area contributed by atoms with Gasteiger partial charge in [-0.15, -0.1) is 0 Å². The molecule has 1 rings (SSSR count). The van der Waals surface area contributed by atoms with E-state index in [1.807, 2.05) is 0 Å². The Morgan fingerprint density at radius 1 is 1.24 bits per heavy atom. The van der Waals surface area contributed by atoms with Crippen LogP contribution in [0, 0.1) is 11.3 Å². The van der Waals surface area contributed by atoms with Gasteiger partial charge in [0.15, 0.2) is 0 Å². The van der Waals surface area contributed by atoms with Crippen LogP contribution in [0.15, 0.2) is 23.8 Å². The van der Waals surface area contributed by atoms with Crippen LogP contribution >= 0.6 is 0 Å². The smallest absolute Gasteiger partial charge is 0.348 e. The average Bonchev–Trinajstić information content (AvgIpc) is 2.44. The Hall–Kier alpha value is -3.14. The van der Waals surface area contributed by atoms with Crippen molar-refractivity contribution < 1.29 is 29.3 Å². The maximum absolute atomic E-state index is 11.4. The molecule has 0 aliphatic rings. The van der Waals surface area contributed by atoms with Crippen LogP contribution in [0.2, 0.25) is 0 Å². The van der Waals surface area contributed by atoms with Crippen LogP contribution in [0.5, 0.6) is 0 Å². The van der Waals surface area contributed by atoms with Crippen LogP contribution < -0.4 is 0 Å². The highest BCUT2D eigenvalue weighted by Crippen LogP contribution is 2.15. The molecule has 0 fully saturated rings. The maximum Gasteiger partial charge on any atom is 0.348 e. The van der Waals surface area contributed by atoms with E-state index in [1.54, 1.807) is 13.0 Å². The standard InChI is InChI=1S/C14H11NO6/c1-2-21-14(20)9(7-15)5-8-3-4-10(12(16)17)11(6-8)13(18)19/h3-6H,2H2,1H3,(H,16,17)(H,18,19). The van der Waals surface area contributed by atoms with Gasteiger partial charge in [0.05, 0.1) is 17.7 Å². The Balaban J connectivity index is 3.30. The molecule has 0 aliphatic carbocycles. The summed E-state index contributed by atoms with van der Waals surface area (Å²) in [6.45, 7) is 1.67. The first-order chi connectivity index (χ1) is 9.90. The lowest BCUT2D eigenvalue weighted by Crippen LogP contribution is -2.09. The monoisotopic (exact) mass is 289 g/mol. The number of nitriles is 1. The van der Waals surface area contributed by atoms with E-state index in [2.05, 4.69) is 4.74 Å².